The first kappa shape index (κ1) is 45.8. The zero-order valence-electron chi connectivity index (χ0n) is 33.3. The highest BCUT2D eigenvalue weighted by Gasteiger charge is 2.29. The molecule has 0 bridgehead atoms. The molecular weight excluding hydrogens is 681 g/mol. The quantitative estimate of drug-likeness (QED) is 0.0539. The van der Waals surface area contributed by atoms with E-state index in [0.717, 1.165) is 56.3 Å². The Morgan fingerprint density at radius 3 is 0.868 bits per heavy atom. The smallest absolute Gasteiger partial charge is 0.249 e. The summed E-state index contributed by atoms with van der Waals surface area (Å²) in [4.78, 5) is 12.3. The fraction of sp³-hybridized carbons (Fsp3) is 0.587. The van der Waals surface area contributed by atoms with Crippen LogP contribution in [0.15, 0.2) is 87.5 Å². The minimum absolute atomic E-state index is 0.245. The summed E-state index contributed by atoms with van der Waals surface area (Å²) in [5.74, 6) is 2.88. The summed E-state index contributed by atoms with van der Waals surface area (Å²) in [6, 6.07) is 26.4. The summed E-state index contributed by atoms with van der Waals surface area (Å²) in [6.07, 6.45) is 25.1. The lowest BCUT2D eigenvalue weighted by atomic mass is 10.1. The molecule has 1 N–H and O–H groups in total. The van der Waals surface area contributed by atoms with E-state index in [9.17, 15) is 0 Å². The lowest BCUT2D eigenvalue weighted by molar-refractivity contribution is -0.275. The summed E-state index contributed by atoms with van der Waals surface area (Å²) >= 11 is 0. The molecule has 0 spiro atoms. The SMILES string of the molecule is CCCCCCCCCOc1ccc([S+](c2ccc(OCCCCCCCCC)cc2)c2ccc(OCCCCCCCCC)cc2)cc1.O=C([O-])O. The Morgan fingerprint density at radius 2 is 0.642 bits per heavy atom. The maximum absolute atomic E-state index is 8.44. The van der Waals surface area contributed by atoms with Crippen molar-refractivity contribution in [1.29, 1.82) is 0 Å². The number of ether oxygens (including phenoxy) is 3. The van der Waals surface area contributed by atoms with Crippen LogP contribution in [0.5, 0.6) is 17.2 Å². The Morgan fingerprint density at radius 1 is 0.434 bits per heavy atom. The number of carbonyl (C=O) groups is 1. The molecule has 0 saturated heterocycles. The number of hydrogen-bond donors (Lipinski definition) is 1. The number of benzene rings is 3. The van der Waals surface area contributed by atoms with E-state index in [1.165, 1.54) is 130 Å². The summed E-state index contributed by atoms with van der Waals surface area (Å²) in [5.41, 5.74) is 0. The third kappa shape index (κ3) is 22.5. The second-order valence-corrected chi connectivity index (χ2v) is 15.9. The van der Waals surface area contributed by atoms with Gasteiger partial charge < -0.3 is 29.2 Å². The van der Waals surface area contributed by atoms with E-state index < -0.39 is 6.16 Å². The molecule has 0 fully saturated rings. The zero-order valence-corrected chi connectivity index (χ0v) is 34.1. The fourth-order valence-electron chi connectivity index (χ4n) is 6.17. The van der Waals surface area contributed by atoms with Crippen LogP contribution in [-0.4, -0.2) is 31.1 Å². The van der Waals surface area contributed by atoms with E-state index >= 15 is 0 Å². The average molecular weight is 751 g/mol. The molecule has 0 saturated carbocycles. The van der Waals surface area contributed by atoms with Crippen LogP contribution in [0.2, 0.25) is 0 Å². The second kappa shape index (κ2) is 31.1. The van der Waals surface area contributed by atoms with Crippen LogP contribution in [0, 0.1) is 0 Å². The van der Waals surface area contributed by atoms with Crippen molar-refractivity contribution >= 4 is 17.1 Å². The van der Waals surface area contributed by atoms with Crippen LogP contribution in [0.4, 0.5) is 4.79 Å². The lowest BCUT2D eigenvalue weighted by Crippen LogP contribution is -2.17. The maximum atomic E-state index is 8.44. The topological polar surface area (TPSA) is 88.1 Å². The fourth-order valence-corrected chi connectivity index (χ4v) is 8.21. The minimum atomic E-state index is -2.08. The molecule has 0 amide bonds. The first-order valence-electron chi connectivity index (χ1n) is 20.8. The molecule has 53 heavy (non-hydrogen) atoms. The molecule has 296 valence electrons. The van der Waals surface area contributed by atoms with Crippen LogP contribution in [0.1, 0.15) is 156 Å². The first-order chi connectivity index (χ1) is 26.0. The minimum Gasteiger partial charge on any atom is -0.565 e. The number of hydrogen-bond acceptors (Lipinski definition) is 5. The average Bonchev–Trinajstić information content (AvgIpc) is 3.16. The lowest BCUT2D eigenvalue weighted by Gasteiger charge is -2.12. The largest absolute Gasteiger partial charge is 0.565 e. The molecule has 0 aliphatic carbocycles. The molecule has 0 aromatic heterocycles. The van der Waals surface area contributed by atoms with Crippen molar-refractivity contribution in [3.63, 3.8) is 0 Å². The summed E-state index contributed by atoms with van der Waals surface area (Å²) in [6.45, 7) is 9.19. The number of unbranched alkanes of at least 4 members (excludes halogenated alkanes) is 18. The Balaban J connectivity index is 0.00000231. The molecule has 0 unspecified atom stereocenters. The molecule has 0 aliphatic heterocycles. The van der Waals surface area contributed by atoms with Gasteiger partial charge in [0.2, 0.25) is 6.16 Å². The van der Waals surface area contributed by atoms with Gasteiger partial charge in [-0.1, -0.05) is 136 Å². The van der Waals surface area contributed by atoms with Crippen LogP contribution in [0.25, 0.3) is 0 Å². The molecule has 7 heteroatoms. The number of carboxylic acid groups (broad SMARTS) is 2. The highest BCUT2D eigenvalue weighted by atomic mass is 32.2. The number of rotatable bonds is 30. The third-order valence-electron chi connectivity index (χ3n) is 9.23. The molecule has 0 atom stereocenters. The van der Waals surface area contributed by atoms with Crippen molar-refractivity contribution in [2.24, 2.45) is 0 Å². The van der Waals surface area contributed by atoms with Crippen molar-refractivity contribution < 1.29 is 29.2 Å². The van der Waals surface area contributed by atoms with Crippen molar-refractivity contribution in [2.45, 2.75) is 170 Å². The van der Waals surface area contributed by atoms with E-state index in [1.807, 2.05) is 0 Å². The summed E-state index contributed by atoms with van der Waals surface area (Å²) in [7, 11) is -0.245. The van der Waals surface area contributed by atoms with Gasteiger partial charge in [-0.25, -0.2) is 0 Å². The summed E-state index contributed by atoms with van der Waals surface area (Å²) in [5, 5.41) is 15.3. The van der Waals surface area contributed by atoms with Gasteiger partial charge in [0.15, 0.2) is 14.7 Å². The molecule has 3 aromatic carbocycles. The van der Waals surface area contributed by atoms with Gasteiger partial charge in [0.05, 0.1) is 30.7 Å². The molecule has 0 aliphatic rings. The van der Waals surface area contributed by atoms with Gasteiger partial charge in [0, 0.05) is 0 Å². The van der Waals surface area contributed by atoms with Gasteiger partial charge in [-0.15, -0.1) is 0 Å². The Hall–Kier alpha value is -3.32. The highest BCUT2D eigenvalue weighted by molar-refractivity contribution is 7.97. The molecular formula is C46H70O6S. The third-order valence-corrected chi connectivity index (χ3v) is 11.5. The predicted octanol–water partition coefficient (Wildman–Crippen LogP) is 13.1. The Kier molecular flexibility index (Phi) is 26.9. The van der Waals surface area contributed by atoms with Crippen molar-refractivity contribution in [3.05, 3.63) is 72.8 Å². The monoisotopic (exact) mass is 750 g/mol. The summed E-state index contributed by atoms with van der Waals surface area (Å²) < 4.78 is 18.4. The van der Waals surface area contributed by atoms with Crippen molar-refractivity contribution in [2.75, 3.05) is 19.8 Å². The highest BCUT2D eigenvalue weighted by Crippen LogP contribution is 2.34. The van der Waals surface area contributed by atoms with Crippen molar-refractivity contribution in [1.82, 2.24) is 0 Å². The second-order valence-electron chi connectivity index (χ2n) is 13.9. The zero-order chi connectivity index (χ0) is 38.2. The van der Waals surface area contributed by atoms with E-state index in [2.05, 4.69) is 93.6 Å². The van der Waals surface area contributed by atoms with Gasteiger partial charge in [-0.05, 0) is 92.1 Å². The normalized spacial score (nSPS) is 10.9. The van der Waals surface area contributed by atoms with E-state index in [-0.39, 0.29) is 10.9 Å². The van der Waals surface area contributed by atoms with E-state index in [1.54, 1.807) is 0 Å². The van der Waals surface area contributed by atoms with Gasteiger partial charge in [-0.3, -0.25) is 0 Å². The molecule has 3 aromatic rings. The van der Waals surface area contributed by atoms with Crippen LogP contribution in [-0.2, 0) is 10.9 Å². The van der Waals surface area contributed by atoms with Gasteiger partial charge in [-0.2, -0.15) is 0 Å². The van der Waals surface area contributed by atoms with Gasteiger partial charge in [0.1, 0.15) is 17.2 Å². The Bertz CT molecular complexity index is 1120. The first-order valence-corrected chi connectivity index (χ1v) is 22.0. The molecule has 3 rings (SSSR count). The molecule has 0 radical (unpaired) electrons. The van der Waals surface area contributed by atoms with Gasteiger partial charge in [0.25, 0.3) is 0 Å². The van der Waals surface area contributed by atoms with Gasteiger partial charge >= 0.3 is 0 Å². The van der Waals surface area contributed by atoms with Crippen molar-refractivity contribution in [3.8, 4) is 17.2 Å². The van der Waals surface area contributed by atoms with E-state index in [4.69, 9.17) is 29.2 Å². The van der Waals surface area contributed by atoms with Crippen LogP contribution in [0.3, 0.4) is 0 Å². The standard InChI is InChI=1S/C45H69O3S.CH2O3/c1-4-7-10-13-16-19-22-37-46-40-25-31-43(32-26-40)49(44-33-27-41(28-34-44)47-38-23-20-17-14-11-8-5-2)45-35-29-42(30-36-45)48-39-24-21-18-15-12-9-6-3;2-1(3)4/h25-36H,4-24,37-39H2,1-3H3;(H2,2,3,4)/q+1;/p-1. The molecule has 6 nitrogen and oxygen atoms in total. The molecule has 0 heterocycles. The van der Waals surface area contributed by atoms with Crippen LogP contribution < -0.4 is 19.3 Å². The Labute approximate surface area is 325 Å². The van der Waals surface area contributed by atoms with E-state index in [0.29, 0.717) is 0 Å². The van der Waals surface area contributed by atoms with Crippen LogP contribution >= 0.6 is 0 Å². The maximum Gasteiger partial charge on any atom is 0.249 e. The predicted molar refractivity (Wildman–Crippen MR) is 220 cm³/mol.